The summed E-state index contributed by atoms with van der Waals surface area (Å²) in [4.78, 5) is 34.0. The minimum absolute atomic E-state index is 0.329. The van der Waals surface area contributed by atoms with Gasteiger partial charge in [0.2, 0.25) is 5.91 Å². The van der Waals surface area contributed by atoms with E-state index in [1.807, 2.05) is 0 Å². The highest BCUT2D eigenvalue weighted by molar-refractivity contribution is 5.92. The number of carbonyl (C=O) groups excluding carboxylic acids is 1. The first kappa shape index (κ1) is 16.4. The largest absolute Gasteiger partial charge is 0.497 e. The van der Waals surface area contributed by atoms with Gasteiger partial charge < -0.3 is 20.3 Å². The number of rotatable bonds is 8. The van der Waals surface area contributed by atoms with E-state index in [1.54, 1.807) is 24.3 Å². The number of carboxylic acids is 2. The van der Waals surface area contributed by atoms with E-state index >= 15 is 0 Å². The molecule has 0 bridgehead atoms. The number of ether oxygens (including phenoxy) is 1. The standard InChI is InChI=1S/C13H16N2O6/c1-21-10-4-2-9(3-5-10)14-11(16)6-15(7-12(17)18)8-13(19)20/h2-5H,6-8H2,1H3,(H,14,16)(H,17,18)(H,19,20). The smallest absolute Gasteiger partial charge is 0.317 e. The number of benzene rings is 1. The van der Waals surface area contributed by atoms with Crippen molar-refractivity contribution in [3.63, 3.8) is 0 Å². The number of methoxy groups -OCH3 is 1. The zero-order valence-corrected chi connectivity index (χ0v) is 11.4. The Morgan fingerprint density at radius 2 is 1.57 bits per heavy atom. The van der Waals surface area contributed by atoms with E-state index in [4.69, 9.17) is 14.9 Å². The molecule has 0 saturated heterocycles. The molecule has 0 saturated carbocycles. The lowest BCUT2D eigenvalue weighted by molar-refractivity contribution is -0.142. The van der Waals surface area contributed by atoms with Gasteiger partial charge in [-0.2, -0.15) is 0 Å². The molecule has 21 heavy (non-hydrogen) atoms. The van der Waals surface area contributed by atoms with E-state index in [0.717, 1.165) is 4.90 Å². The number of carboxylic acid groups (broad SMARTS) is 2. The summed E-state index contributed by atoms with van der Waals surface area (Å²) < 4.78 is 4.97. The molecule has 0 aliphatic rings. The van der Waals surface area contributed by atoms with E-state index in [9.17, 15) is 14.4 Å². The summed E-state index contributed by atoms with van der Waals surface area (Å²) in [6.07, 6.45) is 0. The van der Waals surface area contributed by atoms with Crippen LogP contribution in [-0.2, 0) is 14.4 Å². The number of carbonyl (C=O) groups is 3. The van der Waals surface area contributed by atoms with Crippen LogP contribution in [0.15, 0.2) is 24.3 Å². The summed E-state index contributed by atoms with van der Waals surface area (Å²) in [5.74, 6) is -2.27. The minimum Gasteiger partial charge on any atom is -0.497 e. The number of amides is 1. The molecule has 0 unspecified atom stereocenters. The molecule has 0 radical (unpaired) electrons. The lowest BCUT2D eigenvalue weighted by Crippen LogP contribution is -2.40. The lowest BCUT2D eigenvalue weighted by atomic mass is 10.3. The Kier molecular flexibility index (Phi) is 6.15. The normalized spacial score (nSPS) is 10.2. The van der Waals surface area contributed by atoms with Crippen molar-refractivity contribution >= 4 is 23.5 Å². The quantitative estimate of drug-likeness (QED) is 0.623. The van der Waals surface area contributed by atoms with Gasteiger partial charge in [0.25, 0.3) is 0 Å². The van der Waals surface area contributed by atoms with Crippen LogP contribution in [0.4, 0.5) is 5.69 Å². The van der Waals surface area contributed by atoms with Crippen molar-refractivity contribution in [1.29, 1.82) is 0 Å². The van der Waals surface area contributed by atoms with Gasteiger partial charge in [-0.25, -0.2) is 0 Å². The molecule has 1 aromatic rings. The number of nitrogens with zero attached hydrogens (tertiary/aromatic N) is 1. The SMILES string of the molecule is COc1ccc(NC(=O)CN(CC(=O)O)CC(=O)O)cc1. The summed E-state index contributed by atoms with van der Waals surface area (Å²) in [7, 11) is 1.52. The Balaban J connectivity index is 2.59. The maximum absolute atomic E-state index is 11.8. The maximum Gasteiger partial charge on any atom is 0.317 e. The molecule has 1 rings (SSSR count). The van der Waals surface area contributed by atoms with E-state index in [-0.39, 0.29) is 6.54 Å². The van der Waals surface area contributed by atoms with E-state index < -0.39 is 30.9 Å². The third-order valence-electron chi connectivity index (χ3n) is 2.46. The van der Waals surface area contributed by atoms with E-state index in [2.05, 4.69) is 5.32 Å². The molecular formula is C13H16N2O6. The molecular weight excluding hydrogens is 280 g/mol. The first-order valence-electron chi connectivity index (χ1n) is 6.00. The van der Waals surface area contributed by atoms with Crippen LogP contribution in [0.2, 0.25) is 0 Å². The fourth-order valence-corrected chi connectivity index (χ4v) is 1.63. The van der Waals surface area contributed by atoms with Gasteiger partial charge in [-0.3, -0.25) is 19.3 Å². The topological polar surface area (TPSA) is 116 Å². The molecule has 8 heteroatoms. The highest BCUT2D eigenvalue weighted by Gasteiger charge is 2.17. The van der Waals surface area contributed by atoms with Crippen molar-refractivity contribution in [3.8, 4) is 5.75 Å². The van der Waals surface area contributed by atoms with Crippen LogP contribution >= 0.6 is 0 Å². The summed E-state index contributed by atoms with van der Waals surface area (Å²) >= 11 is 0. The molecule has 8 nitrogen and oxygen atoms in total. The summed E-state index contributed by atoms with van der Waals surface area (Å²) in [5, 5.41) is 19.9. The Morgan fingerprint density at radius 1 is 1.05 bits per heavy atom. The molecule has 0 fully saturated rings. The minimum atomic E-state index is -1.20. The van der Waals surface area contributed by atoms with Crippen LogP contribution in [0.1, 0.15) is 0 Å². The van der Waals surface area contributed by atoms with E-state index in [1.165, 1.54) is 7.11 Å². The van der Waals surface area contributed by atoms with E-state index in [0.29, 0.717) is 11.4 Å². The summed E-state index contributed by atoms with van der Waals surface area (Å²) in [5.41, 5.74) is 0.506. The average Bonchev–Trinajstić information content (AvgIpc) is 2.37. The molecule has 1 amide bonds. The highest BCUT2D eigenvalue weighted by Crippen LogP contribution is 2.14. The zero-order valence-electron chi connectivity index (χ0n) is 11.4. The van der Waals surface area contributed by atoms with Crippen LogP contribution in [0.25, 0.3) is 0 Å². The monoisotopic (exact) mass is 296 g/mol. The van der Waals surface area contributed by atoms with Crippen LogP contribution in [0.5, 0.6) is 5.75 Å². The van der Waals surface area contributed by atoms with Crippen LogP contribution < -0.4 is 10.1 Å². The van der Waals surface area contributed by atoms with Crippen LogP contribution in [0.3, 0.4) is 0 Å². The fourth-order valence-electron chi connectivity index (χ4n) is 1.63. The fraction of sp³-hybridized carbons (Fsp3) is 0.308. The molecule has 0 heterocycles. The highest BCUT2D eigenvalue weighted by atomic mass is 16.5. The lowest BCUT2D eigenvalue weighted by Gasteiger charge is -2.17. The molecule has 0 atom stereocenters. The number of nitrogens with one attached hydrogen (secondary N) is 1. The predicted molar refractivity (Wildman–Crippen MR) is 73.3 cm³/mol. The van der Waals surface area contributed by atoms with Crippen molar-refractivity contribution in [3.05, 3.63) is 24.3 Å². The first-order valence-corrected chi connectivity index (χ1v) is 6.00. The van der Waals surface area contributed by atoms with Crippen molar-refractivity contribution in [2.75, 3.05) is 32.1 Å². The molecule has 1 aromatic carbocycles. The predicted octanol–water partition coefficient (Wildman–Crippen LogP) is 0.105. The number of hydrogen-bond donors (Lipinski definition) is 3. The Bertz CT molecular complexity index is 498. The second kappa shape index (κ2) is 7.85. The molecule has 0 spiro atoms. The van der Waals surface area contributed by atoms with Crippen molar-refractivity contribution < 1.29 is 29.3 Å². The Hall–Kier alpha value is -2.61. The van der Waals surface area contributed by atoms with Gasteiger partial charge in [-0.1, -0.05) is 0 Å². The second-order valence-electron chi connectivity index (χ2n) is 4.21. The number of hydrogen-bond acceptors (Lipinski definition) is 5. The zero-order chi connectivity index (χ0) is 15.8. The van der Waals surface area contributed by atoms with Gasteiger partial charge in [-0.05, 0) is 24.3 Å². The van der Waals surface area contributed by atoms with Gasteiger partial charge >= 0.3 is 11.9 Å². The molecule has 0 aliphatic carbocycles. The van der Waals surface area contributed by atoms with Gasteiger partial charge in [0.1, 0.15) is 5.75 Å². The molecule has 114 valence electrons. The van der Waals surface area contributed by atoms with Crippen LogP contribution in [0, 0.1) is 0 Å². The third kappa shape index (κ3) is 6.39. The van der Waals surface area contributed by atoms with Crippen molar-refractivity contribution in [2.45, 2.75) is 0 Å². The second-order valence-corrected chi connectivity index (χ2v) is 4.21. The van der Waals surface area contributed by atoms with Crippen molar-refractivity contribution in [2.24, 2.45) is 0 Å². The number of anilines is 1. The molecule has 0 aromatic heterocycles. The first-order chi connectivity index (χ1) is 9.90. The van der Waals surface area contributed by atoms with Gasteiger partial charge in [-0.15, -0.1) is 0 Å². The Morgan fingerprint density at radius 3 is 2.00 bits per heavy atom. The third-order valence-corrected chi connectivity index (χ3v) is 2.46. The number of aliphatic carboxylic acids is 2. The average molecular weight is 296 g/mol. The van der Waals surface area contributed by atoms with Crippen LogP contribution in [-0.4, -0.2) is 59.7 Å². The Labute approximate surface area is 120 Å². The van der Waals surface area contributed by atoms with Gasteiger partial charge in [0.05, 0.1) is 26.7 Å². The van der Waals surface area contributed by atoms with Crippen molar-refractivity contribution in [1.82, 2.24) is 4.90 Å². The van der Waals surface area contributed by atoms with Gasteiger partial charge in [0, 0.05) is 5.69 Å². The van der Waals surface area contributed by atoms with Gasteiger partial charge in [0.15, 0.2) is 0 Å². The molecule has 3 N–H and O–H groups in total. The maximum atomic E-state index is 11.8. The summed E-state index contributed by atoms with van der Waals surface area (Å²) in [6.45, 7) is -1.38. The molecule has 0 aliphatic heterocycles. The summed E-state index contributed by atoms with van der Waals surface area (Å²) in [6, 6.07) is 6.55.